The van der Waals surface area contributed by atoms with Gasteiger partial charge in [-0.25, -0.2) is 0 Å². The van der Waals surface area contributed by atoms with Gasteiger partial charge >= 0.3 is 0 Å². The molecule has 1 amide bonds. The highest BCUT2D eigenvalue weighted by molar-refractivity contribution is 9.09. The summed E-state index contributed by atoms with van der Waals surface area (Å²) >= 11 is 3.45. The highest BCUT2D eigenvalue weighted by Crippen LogP contribution is 2.22. The summed E-state index contributed by atoms with van der Waals surface area (Å²) in [5, 5.41) is 5.03. The van der Waals surface area contributed by atoms with E-state index in [-0.39, 0.29) is 11.3 Å². The average Bonchev–Trinajstić information content (AvgIpc) is 2.50. The Labute approximate surface area is 134 Å². The van der Waals surface area contributed by atoms with Crippen molar-refractivity contribution in [1.82, 2.24) is 10.3 Å². The summed E-state index contributed by atoms with van der Waals surface area (Å²) < 4.78 is 0. The van der Waals surface area contributed by atoms with Gasteiger partial charge in [0.15, 0.2) is 0 Å². The summed E-state index contributed by atoms with van der Waals surface area (Å²) in [7, 11) is 0. The highest BCUT2D eigenvalue weighted by atomic mass is 79.9. The van der Waals surface area contributed by atoms with Crippen LogP contribution in [0.5, 0.6) is 0 Å². The van der Waals surface area contributed by atoms with Crippen LogP contribution in [-0.2, 0) is 0 Å². The van der Waals surface area contributed by atoms with Crippen molar-refractivity contribution in [1.29, 1.82) is 0 Å². The van der Waals surface area contributed by atoms with Crippen molar-refractivity contribution in [3.8, 4) is 0 Å². The van der Waals surface area contributed by atoms with Crippen molar-refractivity contribution in [2.45, 2.75) is 26.7 Å². The molecule has 1 N–H and O–H groups in total. The number of carbonyl (C=O) groups excluding carboxylic acids is 1. The maximum atomic E-state index is 12.4. The monoisotopic (exact) mass is 348 g/mol. The quantitative estimate of drug-likeness (QED) is 0.796. The van der Waals surface area contributed by atoms with E-state index in [0.29, 0.717) is 12.1 Å². The Bertz CT molecular complexity index is 620. The molecule has 0 saturated carbocycles. The van der Waals surface area contributed by atoms with E-state index in [0.717, 1.165) is 29.1 Å². The molecule has 2 rings (SSSR count). The predicted octanol–water partition coefficient (Wildman–Crippen LogP) is 4.17. The van der Waals surface area contributed by atoms with Gasteiger partial charge in [0.05, 0.1) is 11.1 Å². The molecule has 0 aliphatic heterocycles. The lowest BCUT2D eigenvalue weighted by molar-refractivity contribution is 0.0936. The average molecular weight is 349 g/mol. The van der Waals surface area contributed by atoms with Gasteiger partial charge in [-0.3, -0.25) is 9.78 Å². The molecule has 1 aromatic carbocycles. The summed E-state index contributed by atoms with van der Waals surface area (Å²) in [6.07, 6.45) is 3.91. The zero-order chi connectivity index (χ0) is 15.3. The molecule has 0 saturated heterocycles. The number of amides is 1. The number of benzene rings is 1. The lowest BCUT2D eigenvalue weighted by atomic mass is 9.88. The van der Waals surface area contributed by atoms with Crippen LogP contribution >= 0.6 is 15.9 Å². The lowest BCUT2D eigenvalue weighted by Gasteiger charge is -2.24. The Hall–Kier alpha value is -1.42. The molecule has 4 heteroatoms. The molecular weight excluding hydrogens is 328 g/mol. The number of hydrogen-bond donors (Lipinski definition) is 1. The largest absolute Gasteiger partial charge is 0.351 e. The van der Waals surface area contributed by atoms with Crippen molar-refractivity contribution in [3.05, 3.63) is 42.1 Å². The standard InChI is InChI=1S/C17H21BrN2O/c1-17(2,9-5-10-18)12-20-16(21)14-8-3-6-13-7-4-11-19-15(13)14/h3-4,6-8,11H,5,9-10,12H2,1-2H3,(H,20,21). The number of nitrogens with zero attached hydrogens (tertiary/aromatic N) is 1. The first kappa shape index (κ1) is 16.0. The number of halogens is 1. The number of fused-ring (bicyclic) bond motifs is 1. The molecule has 2 aromatic rings. The molecule has 0 atom stereocenters. The Morgan fingerprint density at radius 1 is 1.29 bits per heavy atom. The molecule has 21 heavy (non-hydrogen) atoms. The lowest BCUT2D eigenvalue weighted by Crippen LogP contribution is -2.34. The zero-order valence-electron chi connectivity index (χ0n) is 12.5. The van der Waals surface area contributed by atoms with Crippen molar-refractivity contribution >= 4 is 32.7 Å². The van der Waals surface area contributed by atoms with Crippen LogP contribution in [0.4, 0.5) is 0 Å². The number of hydrogen-bond acceptors (Lipinski definition) is 2. The summed E-state index contributed by atoms with van der Waals surface area (Å²) in [6.45, 7) is 5.02. The number of rotatable bonds is 6. The minimum atomic E-state index is -0.0498. The molecule has 0 aliphatic rings. The van der Waals surface area contributed by atoms with Crippen LogP contribution in [0.2, 0.25) is 0 Å². The maximum Gasteiger partial charge on any atom is 0.253 e. The fraction of sp³-hybridized carbons (Fsp3) is 0.412. The molecule has 112 valence electrons. The van der Waals surface area contributed by atoms with E-state index >= 15 is 0 Å². The molecular formula is C17H21BrN2O. The fourth-order valence-electron chi connectivity index (χ4n) is 2.34. The van der Waals surface area contributed by atoms with Crippen LogP contribution in [-0.4, -0.2) is 22.8 Å². The Kier molecular flexibility index (Phi) is 5.34. The van der Waals surface area contributed by atoms with Gasteiger partial charge in [-0.1, -0.05) is 48.0 Å². The third-order valence-corrected chi connectivity index (χ3v) is 4.15. The summed E-state index contributed by atoms with van der Waals surface area (Å²) in [6, 6.07) is 9.55. The number of nitrogens with one attached hydrogen (secondary N) is 1. The van der Waals surface area contributed by atoms with Gasteiger partial charge in [-0.05, 0) is 30.4 Å². The normalized spacial score (nSPS) is 11.6. The Morgan fingerprint density at radius 2 is 2.05 bits per heavy atom. The van der Waals surface area contributed by atoms with Gasteiger partial charge in [-0.2, -0.15) is 0 Å². The maximum absolute atomic E-state index is 12.4. The first-order valence-electron chi connectivity index (χ1n) is 7.21. The van der Waals surface area contributed by atoms with Crippen molar-refractivity contribution in [2.24, 2.45) is 5.41 Å². The SMILES string of the molecule is CC(C)(CCCBr)CNC(=O)c1cccc2cccnc12. The molecule has 0 radical (unpaired) electrons. The second-order valence-corrected chi connectivity index (χ2v) is 6.81. The minimum absolute atomic E-state index is 0.0498. The first-order chi connectivity index (χ1) is 10.0. The number of alkyl halides is 1. The van der Waals surface area contributed by atoms with Crippen molar-refractivity contribution in [3.63, 3.8) is 0 Å². The molecule has 1 aromatic heterocycles. The fourth-order valence-corrected chi connectivity index (χ4v) is 2.62. The second-order valence-electron chi connectivity index (χ2n) is 6.02. The van der Waals surface area contributed by atoms with Crippen molar-refractivity contribution < 1.29 is 4.79 Å². The molecule has 0 fully saturated rings. The van der Waals surface area contributed by atoms with Gasteiger partial charge in [0.2, 0.25) is 0 Å². The first-order valence-corrected chi connectivity index (χ1v) is 8.33. The van der Waals surface area contributed by atoms with Crippen LogP contribution in [0.1, 0.15) is 37.0 Å². The smallest absolute Gasteiger partial charge is 0.253 e. The second kappa shape index (κ2) is 7.03. The molecule has 0 unspecified atom stereocenters. The third-order valence-electron chi connectivity index (χ3n) is 3.59. The van der Waals surface area contributed by atoms with Gasteiger partial charge in [0, 0.05) is 23.5 Å². The predicted molar refractivity (Wildman–Crippen MR) is 90.9 cm³/mol. The van der Waals surface area contributed by atoms with E-state index in [4.69, 9.17) is 0 Å². The van der Waals surface area contributed by atoms with E-state index in [1.54, 1.807) is 6.20 Å². The van der Waals surface area contributed by atoms with Gasteiger partial charge in [0.25, 0.3) is 5.91 Å². The number of aromatic nitrogens is 1. The third kappa shape index (κ3) is 4.27. The summed E-state index contributed by atoms with van der Waals surface area (Å²) in [4.78, 5) is 16.7. The van der Waals surface area contributed by atoms with E-state index in [9.17, 15) is 4.79 Å². The van der Waals surface area contributed by atoms with Crippen molar-refractivity contribution in [2.75, 3.05) is 11.9 Å². The summed E-state index contributed by atoms with van der Waals surface area (Å²) in [5.41, 5.74) is 1.50. The van der Waals surface area contributed by atoms with Gasteiger partial charge in [-0.15, -0.1) is 0 Å². The van der Waals surface area contributed by atoms with Crippen LogP contribution in [0, 0.1) is 5.41 Å². The van der Waals surface area contributed by atoms with Gasteiger partial charge in [0.1, 0.15) is 0 Å². The van der Waals surface area contributed by atoms with E-state index < -0.39 is 0 Å². The highest BCUT2D eigenvalue weighted by Gasteiger charge is 2.19. The van der Waals surface area contributed by atoms with E-state index in [1.807, 2.05) is 30.3 Å². The zero-order valence-corrected chi connectivity index (χ0v) is 14.1. The molecule has 0 bridgehead atoms. The number of pyridine rings is 1. The number of para-hydroxylation sites is 1. The summed E-state index contributed by atoms with van der Waals surface area (Å²) in [5.74, 6) is -0.0498. The van der Waals surface area contributed by atoms with Crippen LogP contribution in [0.25, 0.3) is 10.9 Å². The van der Waals surface area contributed by atoms with E-state index in [2.05, 4.69) is 40.1 Å². The number of carbonyl (C=O) groups is 1. The van der Waals surface area contributed by atoms with Gasteiger partial charge < -0.3 is 5.32 Å². The molecule has 1 heterocycles. The van der Waals surface area contributed by atoms with Crippen LogP contribution < -0.4 is 5.32 Å². The minimum Gasteiger partial charge on any atom is -0.351 e. The Balaban J connectivity index is 2.09. The Morgan fingerprint density at radius 3 is 2.81 bits per heavy atom. The molecule has 3 nitrogen and oxygen atoms in total. The van der Waals surface area contributed by atoms with Crippen LogP contribution in [0.15, 0.2) is 36.5 Å². The van der Waals surface area contributed by atoms with Crippen LogP contribution in [0.3, 0.4) is 0 Å². The van der Waals surface area contributed by atoms with E-state index in [1.165, 1.54) is 0 Å². The topological polar surface area (TPSA) is 42.0 Å². The molecule has 0 aliphatic carbocycles. The molecule has 0 spiro atoms.